The van der Waals surface area contributed by atoms with Gasteiger partial charge in [-0.3, -0.25) is 4.99 Å². The van der Waals surface area contributed by atoms with Crippen molar-refractivity contribution in [2.75, 3.05) is 12.3 Å². The van der Waals surface area contributed by atoms with Crippen molar-refractivity contribution < 1.29 is 0 Å². The highest BCUT2D eigenvalue weighted by atomic mass is 127. The zero-order valence-electron chi connectivity index (χ0n) is 6.66. The molecule has 0 spiro atoms. The van der Waals surface area contributed by atoms with E-state index in [0.29, 0.717) is 0 Å². The van der Waals surface area contributed by atoms with E-state index < -0.39 is 0 Å². The van der Waals surface area contributed by atoms with Gasteiger partial charge < -0.3 is 5.73 Å². The fraction of sp³-hybridized carbons (Fsp3) is 0.222. The Kier molecular flexibility index (Phi) is 3.08. The van der Waals surface area contributed by atoms with E-state index in [1.807, 2.05) is 18.3 Å². The second-order valence-electron chi connectivity index (χ2n) is 2.74. The molecule has 2 N–H and O–H groups in total. The van der Waals surface area contributed by atoms with E-state index in [2.05, 4.69) is 11.1 Å². The fourth-order valence-corrected chi connectivity index (χ4v) is 1.31. The fourth-order valence-electron chi connectivity index (χ4n) is 1.31. The average molecular weight is 274 g/mol. The summed E-state index contributed by atoms with van der Waals surface area (Å²) in [4.78, 5) is 4.18. The maximum atomic E-state index is 5.62. The van der Waals surface area contributed by atoms with Gasteiger partial charge in [-0.1, -0.05) is 6.07 Å². The molecular formula is C9H11IN2. The molecule has 1 aromatic rings. The molecule has 0 saturated heterocycles. The summed E-state index contributed by atoms with van der Waals surface area (Å²) < 4.78 is 0. The molecule has 1 aromatic carbocycles. The third-order valence-electron chi connectivity index (χ3n) is 1.91. The van der Waals surface area contributed by atoms with E-state index in [0.717, 1.165) is 18.7 Å². The van der Waals surface area contributed by atoms with Crippen molar-refractivity contribution in [3.8, 4) is 0 Å². The first kappa shape index (κ1) is 9.51. The molecule has 1 heterocycles. The molecule has 12 heavy (non-hydrogen) atoms. The van der Waals surface area contributed by atoms with Gasteiger partial charge in [-0.05, 0) is 29.7 Å². The molecule has 0 atom stereocenters. The van der Waals surface area contributed by atoms with Crippen molar-refractivity contribution in [2.24, 2.45) is 4.99 Å². The van der Waals surface area contributed by atoms with E-state index >= 15 is 0 Å². The van der Waals surface area contributed by atoms with Crippen LogP contribution < -0.4 is 5.73 Å². The van der Waals surface area contributed by atoms with Gasteiger partial charge in [0.05, 0.1) is 0 Å². The predicted octanol–water partition coefficient (Wildman–Crippen LogP) is 1.86. The van der Waals surface area contributed by atoms with Gasteiger partial charge in [0.15, 0.2) is 0 Å². The van der Waals surface area contributed by atoms with E-state index in [4.69, 9.17) is 5.73 Å². The lowest BCUT2D eigenvalue weighted by atomic mass is 10.0. The largest absolute Gasteiger partial charge is 0.399 e. The number of aliphatic imine (C=N–C) groups is 1. The van der Waals surface area contributed by atoms with Gasteiger partial charge in [-0.25, -0.2) is 0 Å². The lowest BCUT2D eigenvalue weighted by Gasteiger charge is -2.09. The molecule has 1 aliphatic heterocycles. The molecule has 0 amide bonds. The highest BCUT2D eigenvalue weighted by Crippen LogP contribution is 2.14. The Morgan fingerprint density at radius 1 is 1.33 bits per heavy atom. The maximum absolute atomic E-state index is 5.62. The third-order valence-corrected chi connectivity index (χ3v) is 1.91. The number of rotatable bonds is 0. The summed E-state index contributed by atoms with van der Waals surface area (Å²) in [6.45, 7) is 0.914. The summed E-state index contributed by atoms with van der Waals surface area (Å²) in [6.07, 6.45) is 2.95. The summed E-state index contributed by atoms with van der Waals surface area (Å²) in [7, 11) is 0. The van der Waals surface area contributed by atoms with Crippen molar-refractivity contribution >= 4 is 35.9 Å². The number of nitrogen functional groups attached to an aromatic ring is 1. The monoisotopic (exact) mass is 274 g/mol. The second kappa shape index (κ2) is 3.89. The quantitative estimate of drug-likeness (QED) is 0.569. The summed E-state index contributed by atoms with van der Waals surface area (Å²) in [6, 6.07) is 5.99. The molecule has 0 unspecified atom stereocenters. The summed E-state index contributed by atoms with van der Waals surface area (Å²) in [5.41, 5.74) is 8.97. The number of benzene rings is 1. The van der Waals surface area contributed by atoms with Crippen LogP contribution in [0.25, 0.3) is 0 Å². The molecule has 2 rings (SSSR count). The molecule has 3 heteroatoms. The van der Waals surface area contributed by atoms with E-state index in [1.165, 1.54) is 11.1 Å². The Labute approximate surface area is 88.9 Å². The first-order chi connectivity index (χ1) is 5.36. The maximum Gasteiger partial charge on any atom is 0.0430 e. The van der Waals surface area contributed by atoms with Gasteiger partial charge in [-0.2, -0.15) is 0 Å². The smallest absolute Gasteiger partial charge is 0.0430 e. The minimum atomic E-state index is 0. The van der Waals surface area contributed by atoms with Crippen LogP contribution in [0, 0.1) is 0 Å². The van der Waals surface area contributed by atoms with Crippen LogP contribution in [0.3, 0.4) is 0 Å². The highest BCUT2D eigenvalue weighted by Gasteiger charge is 2.03. The zero-order chi connectivity index (χ0) is 7.68. The lowest BCUT2D eigenvalue weighted by molar-refractivity contribution is 0.953. The van der Waals surface area contributed by atoms with Crippen LogP contribution in [0.1, 0.15) is 11.1 Å². The third kappa shape index (κ3) is 1.77. The Hall–Kier alpha value is -0.580. The Balaban J connectivity index is 0.000000720. The Bertz CT molecular complexity index is 307. The minimum Gasteiger partial charge on any atom is -0.399 e. The Morgan fingerprint density at radius 3 is 3.00 bits per heavy atom. The molecule has 0 fully saturated rings. The number of nitrogens with two attached hydrogens (primary N) is 1. The van der Waals surface area contributed by atoms with Gasteiger partial charge in [0.2, 0.25) is 0 Å². The molecule has 64 valence electrons. The van der Waals surface area contributed by atoms with Gasteiger partial charge in [-0.15, -0.1) is 24.0 Å². The lowest BCUT2D eigenvalue weighted by Crippen LogP contribution is -2.03. The number of nitrogens with zero attached hydrogens (tertiary/aromatic N) is 1. The standard InChI is InChI=1S/C9H10N2.HI/c10-9-2-1-7-3-4-11-6-8(7)5-9;/h1-2,5-6H,3-4,10H2;1H. The van der Waals surface area contributed by atoms with Crippen LogP contribution in [0.4, 0.5) is 5.69 Å². The minimum absolute atomic E-state index is 0. The van der Waals surface area contributed by atoms with Crippen molar-refractivity contribution in [3.63, 3.8) is 0 Å². The van der Waals surface area contributed by atoms with Crippen LogP contribution in [0.2, 0.25) is 0 Å². The summed E-state index contributed by atoms with van der Waals surface area (Å²) in [5, 5.41) is 0. The summed E-state index contributed by atoms with van der Waals surface area (Å²) >= 11 is 0. The van der Waals surface area contributed by atoms with Gasteiger partial charge >= 0.3 is 0 Å². The van der Waals surface area contributed by atoms with Crippen LogP contribution in [0.15, 0.2) is 23.2 Å². The van der Waals surface area contributed by atoms with E-state index in [9.17, 15) is 0 Å². The molecule has 0 bridgehead atoms. The van der Waals surface area contributed by atoms with Crippen LogP contribution in [0.5, 0.6) is 0 Å². The second-order valence-corrected chi connectivity index (χ2v) is 2.74. The Morgan fingerprint density at radius 2 is 2.17 bits per heavy atom. The van der Waals surface area contributed by atoms with Gasteiger partial charge in [0, 0.05) is 18.4 Å². The normalized spacial score (nSPS) is 13.3. The van der Waals surface area contributed by atoms with Crippen molar-refractivity contribution in [1.82, 2.24) is 0 Å². The van der Waals surface area contributed by atoms with Crippen LogP contribution in [-0.4, -0.2) is 12.8 Å². The van der Waals surface area contributed by atoms with Crippen molar-refractivity contribution in [2.45, 2.75) is 6.42 Å². The molecule has 0 saturated carbocycles. The van der Waals surface area contributed by atoms with E-state index in [1.54, 1.807) is 0 Å². The highest BCUT2D eigenvalue weighted by molar-refractivity contribution is 14.0. The topological polar surface area (TPSA) is 38.4 Å². The SMILES string of the molecule is I.Nc1ccc2c(c1)C=NCC2. The molecule has 0 radical (unpaired) electrons. The first-order valence-electron chi connectivity index (χ1n) is 3.74. The molecule has 1 aliphatic rings. The average Bonchev–Trinajstić information content (AvgIpc) is 2.04. The number of halogens is 1. The van der Waals surface area contributed by atoms with Crippen LogP contribution >= 0.6 is 24.0 Å². The van der Waals surface area contributed by atoms with Crippen LogP contribution in [-0.2, 0) is 6.42 Å². The zero-order valence-corrected chi connectivity index (χ0v) is 8.99. The molecule has 0 aromatic heterocycles. The predicted molar refractivity (Wildman–Crippen MR) is 62.4 cm³/mol. The number of hydrogen-bond donors (Lipinski definition) is 1. The number of hydrogen-bond acceptors (Lipinski definition) is 2. The van der Waals surface area contributed by atoms with Crippen molar-refractivity contribution in [3.05, 3.63) is 29.3 Å². The number of fused-ring (bicyclic) bond motifs is 1. The van der Waals surface area contributed by atoms with Gasteiger partial charge in [0.1, 0.15) is 0 Å². The van der Waals surface area contributed by atoms with E-state index in [-0.39, 0.29) is 24.0 Å². The summed E-state index contributed by atoms with van der Waals surface area (Å²) in [5.74, 6) is 0. The van der Waals surface area contributed by atoms with Gasteiger partial charge in [0.25, 0.3) is 0 Å². The number of anilines is 1. The first-order valence-corrected chi connectivity index (χ1v) is 3.74. The molecule has 0 aliphatic carbocycles. The molecular weight excluding hydrogens is 263 g/mol. The molecule has 2 nitrogen and oxygen atoms in total. The van der Waals surface area contributed by atoms with Crippen molar-refractivity contribution in [1.29, 1.82) is 0 Å².